The maximum absolute atomic E-state index is 11.8. The van der Waals surface area contributed by atoms with Crippen LogP contribution in [0.3, 0.4) is 0 Å². The van der Waals surface area contributed by atoms with Crippen molar-refractivity contribution in [2.45, 2.75) is 24.8 Å². The molecule has 0 radical (unpaired) electrons. The van der Waals surface area contributed by atoms with E-state index in [4.69, 9.17) is 9.15 Å². The van der Waals surface area contributed by atoms with Gasteiger partial charge in [0.25, 0.3) is 5.89 Å². The number of benzene rings is 1. The first-order chi connectivity index (χ1) is 9.90. The van der Waals surface area contributed by atoms with Gasteiger partial charge in [-0.1, -0.05) is 6.92 Å². The number of esters is 1. The molecule has 2 aromatic rings. The van der Waals surface area contributed by atoms with E-state index in [1.807, 2.05) is 6.92 Å². The molecule has 0 aliphatic heterocycles. The Hall–Kier alpha value is -2.22. The van der Waals surface area contributed by atoms with Crippen LogP contribution in [-0.4, -0.2) is 30.8 Å². The fourth-order valence-electron chi connectivity index (χ4n) is 1.54. The van der Waals surface area contributed by atoms with E-state index in [9.17, 15) is 13.2 Å². The zero-order chi connectivity index (χ0) is 15.5. The molecule has 2 rings (SSSR count). The monoisotopic (exact) mass is 310 g/mol. The standard InChI is InChI=1S/C13H14N2O5S/c1-3-11-14-15-12(20-11)8-19-13(16)9-4-6-10(7-5-9)21(2,17)18/h4-7H,3,8H2,1-2H3. The van der Waals surface area contributed by atoms with E-state index < -0.39 is 15.8 Å². The SMILES string of the molecule is CCc1nnc(COC(=O)c2ccc(S(C)(=O)=O)cc2)o1. The van der Waals surface area contributed by atoms with Crippen LogP contribution < -0.4 is 0 Å². The van der Waals surface area contributed by atoms with E-state index in [1.54, 1.807) is 0 Å². The summed E-state index contributed by atoms with van der Waals surface area (Å²) in [5.41, 5.74) is 0.248. The fourth-order valence-corrected chi connectivity index (χ4v) is 2.17. The number of ether oxygens (including phenoxy) is 1. The molecule has 0 saturated carbocycles. The maximum Gasteiger partial charge on any atom is 0.338 e. The van der Waals surface area contributed by atoms with E-state index in [1.165, 1.54) is 24.3 Å². The van der Waals surface area contributed by atoms with Crippen LogP contribution >= 0.6 is 0 Å². The number of carbonyl (C=O) groups excluding carboxylic acids is 1. The van der Waals surface area contributed by atoms with Crippen molar-refractivity contribution in [3.8, 4) is 0 Å². The molecule has 1 aromatic heterocycles. The molecule has 0 amide bonds. The number of nitrogens with zero attached hydrogens (tertiary/aromatic N) is 2. The van der Waals surface area contributed by atoms with Gasteiger partial charge in [-0.3, -0.25) is 0 Å². The van der Waals surface area contributed by atoms with Gasteiger partial charge in [0, 0.05) is 12.7 Å². The van der Waals surface area contributed by atoms with Gasteiger partial charge < -0.3 is 9.15 Å². The Kier molecular flexibility index (Phi) is 4.37. The summed E-state index contributed by atoms with van der Waals surface area (Å²) >= 11 is 0. The molecular weight excluding hydrogens is 296 g/mol. The van der Waals surface area contributed by atoms with Crippen molar-refractivity contribution in [2.75, 3.05) is 6.26 Å². The lowest BCUT2D eigenvalue weighted by Crippen LogP contribution is -2.06. The minimum atomic E-state index is -3.29. The quantitative estimate of drug-likeness (QED) is 0.769. The third-order valence-electron chi connectivity index (χ3n) is 2.66. The largest absolute Gasteiger partial charge is 0.452 e. The van der Waals surface area contributed by atoms with Crippen LogP contribution in [0.25, 0.3) is 0 Å². The van der Waals surface area contributed by atoms with Crippen molar-refractivity contribution >= 4 is 15.8 Å². The summed E-state index contributed by atoms with van der Waals surface area (Å²) in [6, 6.07) is 5.50. The molecule has 21 heavy (non-hydrogen) atoms. The smallest absolute Gasteiger partial charge is 0.338 e. The van der Waals surface area contributed by atoms with Crippen LogP contribution in [0.2, 0.25) is 0 Å². The summed E-state index contributed by atoms with van der Waals surface area (Å²) in [5, 5.41) is 7.48. The number of hydrogen-bond acceptors (Lipinski definition) is 7. The normalized spacial score (nSPS) is 11.3. The Morgan fingerprint density at radius 3 is 2.33 bits per heavy atom. The molecule has 0 unspecified atom stereocenters. The van der Waals surface area contributed by atoms with Gasteiger partial charge in [0.1, 0.15) is 0 Å². The Balaban J connectivity index is 2.00. The molecule has 1 aromatic carbocycles. The Labute approximate surface area is 121 Å². The molecule has 0 bridgehead atoms. The highest BCUT2D eigenvalue weighted by atomic mass is 32.2. The van der Waals surface area contributed by atoms with Crippen LogP contribution in [0.5, 0.6) is 0 Å². The molecule has 8 heteroatoms. The van der Waals surface area contributed by atoms with Crippen LogP contribution in [-0.2, 0) is 27.6 Å². The van der Waals surface area contributed by atoms with Crippen LogP contribution in [0.1, 0.15) is 29.1 Å². The maximum atomic E-state index is 11.8. The van der Waals surface area contributed by atoms with Crippen LogP contribution in [0.15, 0.2) is 33.6 Å². The van der Waals surface area contributed by atoms with Crippen LogP contribution in [0.4, 0.5) is 0 Å². The molecule has 0 saturated heterocycles. The van der Waals surface area contributed by atoms with Gasteiger partial charge in [0.2, 0.25) is 5.89 Å². The molecule has 0 aliphatic carbocycles. The number of aromatic nitrogens is 2. The minimum absolute atomic E-state index is 0.125. The fraction of sp³-hybridized carbons (Fsp3) is 0.308. The second-order valence-electron chi connectivity index (χ2n) is 4.32. The predicted molar refractivity (Wildman–Crippen MR) is 72.3 cm³/mol. The van der Waals surface area contributed by atoms with Gasteiger partial charge in [0.15, 0.2) is 16.4 Å². The lowest BCUT2D eigenvalue weighted by molar-refractivity contribution is 0.0436. The first kappa shape index (κ1) is 15.2. The molecule has 1 heterocycles. The number of sulfone groups is 1. The van der Waals surface area contributed by atoms with Gasteiger partial charge in [-0.25, -0.2) is 13.2 Å². The van der Waals surface area contributed by atoms with Crippen molar-refractivity contribution in [3.05, 3.63) is 41.6 Å². The number of carbonyl (C=O) groups is 1. The second-order valence-corrected chi connectivity index (χ2v) is 6.33. The van der Waals surface area contributed by atoms with Gasteiger partial charge in [-0.2, -0.15) is 0 Å². The predicted octanol–water partition coefficient (Wildman–Crippen LogP) is 1.39. The third-order valence-corrected chi connectivity index (χ3v) is 3.78. The summed E-state index contributed by atoms with van der Waals surface area (Å²) in [6.07, 6.45) is 1.70. The van der Waals surface area contributed by atoms with E-state index in [0.717, 1.165) is 6.26 Å². The molecule has 0 N–H and O–H groups in total. The minimum Gasteiger partial charge on any atom is -0.452 e. The summed E-state index contributed by atoms with van der Waals surface area (Å²) < 4.78 is 32.8. The van der Waals surface area contributed by atoms with E-state index in [2.05, 4.69) is 10.2 Å². The van der Waals surface area contributed by atoms with E-state index >= 15 is 0 Å². The number of hydrogen-bond donors (Lipinski definition) is 0. The number of aryl methyl sites for hydroxylation is 1. The molecule has 7 nitrogen and oxygen atoms in total. The van der Waals surface area contributed by atoms with Crippen molar-refractivity contribution < 1.29 is 22.4 Å². The summed E-state index contributed by atoms with van der Waals surface area (Å²) in [6.45, 7) is 1.74. The van der Waals surface area contributed by atoms with E-state index in [-0.39, 0.29) is 23.0 Å². The summed E-state index contributed by atoms with van der Waals surface area (Å²) in [4.78, 5) is 11.9. The number of rotatable bonds is 5. The topological polar surface area (TPSA) is 99.4 Å². The molecule has 0 spiro atoms. The van der Waals surface area contributed by atoms with Gasteiger partial charge in [0.05, 0.1) is 10.5 Å². The second kappa shape index (κ2) is 6.04. The molecule has 0 fully saturated rings. The van der Waals surface area contributed by atoms with Crippen LogP contribution in [0, 0.1) is 0 Å². The van der Waals surface area contributed by atoms with Crippen molar-refractivity contribution in [3.63, 3.8) is 0 Å². The lowest BCUT2D eigenvalue weighted by Gasteiger charge is -2.03. The third kappa shape index (κ3) is 3.88. The summed E-state index contributed by atoms with van der Waals surface area (Å²) in [5.74, 6) is 0.0952. The highest BCUT2D eigenvalue weighted by Crippen LogP contribution is 2.12. The zero-order valence-electron chi connectivity index (χ0n) is 11.6. The van der Waals surface area contributed by atoms with Gasteiger partial charge in [-0.05, 0) is 24.3 Å². The molecular formula is C13H14N2O5S. The highest BCUT2D eigenvalue weighted by molar-refractivity contribution is 7.90. The average Bonchev–Trinajstić information content (AvgIpc) is 2.92. The molecule has 0 atom stereocenters. The molecule has 0 aliphatic rings. The lowest BCUT2D eigenvalue weighted by atomic mass is 10.2. The van der Waals surface area contributed by atoms with Gasteiger partial charge >= 0.3 is 5.97 Å². The first-order valence-electron chi connectivity index (χ1n) is 6.18. The van der Waals surface area contributed by atoms with Crippen molar-refractivity contribution in [1.82, 2.24) is 10.2 Å². The Morgan fingerprint density at radius 2 is 1.81 bits per heavy atom. The van der Waals surface area contributed by atoms with Gasteiger partial charge in [-0.15, -0.1) is 10.2 Å². The Morgan fingerprint density at radius 1 is 1.19 bits per heavy atom. The highest BCUT2D eigenvalue weighted by Gasteiger charge is 2.12. The Bertz CT molecular complexity index is 734. The van der Waals surface area contributed by atoms with Crippen molar-refractivity contribution in [2.24, 2.45) is 0 Å². The average molecular weight is 310 g/mol. The first-order valence-corrected chi connectivity index (χ1v) is 8.08. The summed E-state index contributed by atoms with van der Waals surface area (Å²) in [7, 11) is -3.29. The zero-order valence-corrected chi connectivity index (χ0v) is 12.4. The van der Waals surface area contributed by atoms with E-state index in [0.29, 0.717) is 12.3 Å². The molecule has 112 valence electrons. The van der Waals surface area contributed by atoms with Crippen molar-refractivity contribution in [1.29, 1.82) is 0 Å².